The van der Waals surface area contributed by atoms with Gasteiger partial charge in [0.2, 0.25) is 0 Å². The smallest absolute Gasteiger partial charge is 0.0681 e. The highest BCUT2D eigenvalue weighted by atomic mass is 16.3. The molecule has 2 aromatic rings. The molecule has 0 amide bonds. The molecule has 0 radical (unpaired) electrons. The molecule has 0 unspecified atom stereocenters. The van der Waals surface area contributed by atoms with Crippen molar-refractivity contribution in [3.63, 3.8) is 0 Å². The minimum Gasteiger partial charge on any atom is -0.392 e. The molecule has 1 saturated carbocycles. The van der Waals surface area contributed by atoms with E-state index in [0.29, 0.717) is 0 Å². The van der Waals surface area contributed by atoms with Crippen molar-refractivity contribution in [1.29, 1.82) is 0 Å². The number of rotatable bonds is 6. The van der Waals surface area contributed by atoms with Crippen LogP contribution in [0.25, 0.3) is 0 Å². The van der Waals surface area contributed by atoms with Gasteiger partial charge in [0, 0.05) is 19.1 Å². The van der Waals surface area contributed by atoms with Gasteiger partial charge in [-0.3, -0.25) is 4.90 Å². The Kier molecular flexibility index (Phi) is 4.14. The van der Waals surface area contributed by atoms with Crippen molar-refractivity contribution >= 4 is 0 Å². The molecule has 3 rings (SSSR count). The van der Waals surface area contributed by atoms with Crippen LogP contribution in [0.15, 0.2) is 54.6 Å². The summed E-state index contributed by atoms with van der Waals surface area (Å²) < 4.78 is 0. The molecule has 1 N–H and O–H groups in total. The summed E-state index contributed by atoms with van der Waals surface area (Å²) in [5.41, 5.74) is 3.69. The number of hydrogen-bond acceptors (Lipinski definition) is 2. The number of benzene rings is 2. The van der Waals surface area contributed by atoms with Crippen LogP contribution < -0.4 is 0 Å². The molecule has 1 aliphatic rings. The predicted octanol–water partition coefficient (Wildman–Crippen LogP) is 3.34. The Bertz CT molecular complexity index is 531. The molecule has 2 aromatic carbocycles. The Labute approximate surface area is 120 Å². The monoisotopic (exact) mass is 267 g/mol. The molecule has 0 atom stereocenters. The lowest BCUT2D eigenvalue weighted by atomic mass is 10.1. The molecule has 1 fully saturated rings. The van der Waals surface area contributed by atoms with Crippen LogP contribution in [0.4, 0.5) is 0 Å². The molecule has 0 bridgehead atoms. The minimum atomic E-state index is 0.122. The average molecular weight is 267 g/mol. The second-order valence-corrected chi connectivity index (χ2v) is 5.60. The summed E-state index contributed by atoms with van der Waals surface area (Å²) in [6.45, 7) is 2.13. The third-order valence-electron chi connectivity index (χ3n) is 3.88. The third-order valence-corrected chi connectivity index (χ3v) is 3.88. The van der Waals surface area contributed by atoms with Crippen molar-refractivity contribution in [3.05, 3.63) is 71.3 Å². The predicted molar refractivity (Wildman–Crippen MR) is 81.1 cm³/mol. The standard InChI is InChI=1S/C18H21NO/c20-14-17-8-6-16(7-9-17)13-19(18-10-11-18)12-15-4-2-1-3-5-15/h1-9,18,20H,10-14H2. The summed E-state index contributed by atoms with van der Waals surface area (Å²) in [4.78, 5) is 2.56. The van der Waals surface area contributed by atoms with Crippen molar-refractivity contribution in [3.8, 4) is 0 Å². The maximum Gasteiger partial charge on any atom is 0.0681 e. The number of hydrogen-bond donors (Lipinski definition) is 1. The van der Waals surface area contributed by atoms with Crippen LogP contribution in [0.1, 0.15) is 29.5 Å². The normalized spacial score (nSPS) is 14.7. The van der Waals surface area contributed by atoms with Crippen molar-refractivity contribution in [1.82, 2.24) is 4.90 Å². The SMILES string of the molecule is OCc1ccc(CN(Cc2ccccc2)C2CC2)cc1. The van der Waals surface area contributed by atoms with E-state index in [9.17, 15) is 0 Å². The van der Waals surface area contributed by atoms with Gasteiger partial charge < -0.3 is 5.11 Å². The molecule has 20 heavy (non-hydrogen) atoms. The van der Waals surface area contributed by atoms with E-state index in [4.69, 9.17) is 5.11 Å². The first-order chi connectivity index (χ1) is 9.85. The third kappa shape index (κ3) is 3.47. The van der Waals surface area contributed by atoms with Crippen molar-refractivity contribution < 1.29 is 5.11 Å². The molecule has 2 nitrogen and oxygen atoms in total. The second kappa shape index (κ2) is 6.21. The zero-order valence-corrected chi connectivity index (χ0v) is 11.7. The molecular formula is C18H21NO. The van der Waals surface area contributed by atoms with Gasteiger partial charge in [0.15, 0.2) is 0 Å². The Morgan fingerprint density at radius 1 is 0.800 bits per heavy atom. The first-order valence-corrected chi connectivity index (χ1v) is 7.32. The van der Waals surface area contributed by atoms with E-state index in [2.05, 4.69) is 47.4 Å². The van der Waals surface area contributed by atoms with Gasteiger partial charge in [0.1, 0.15) is 0 Å². The van der Waals surface area contributed by atoms with E-state index in [0.717, 1.165) is 24.7 Å². The van der Waals surface area contributed by atoms with E-state index in [-0.39, 0.29) is 6.61 Å². The lowest BCUT2D eigenvalue weighted by Gasteiger charge is -2.22. The number of aliphatic hydroxyl groups excluding tert-OH is 1. The topological polar surface area (TPSA) is 23.5 Å². The molecule has 0 saturated heterocycles. The van der Waals surface area contributed by atoms with Crippen molar-refractivity contribution in [2.45, 2.75) is 38.6 Å². The Hall–Kier alpha value is -1.64. The quantitative estimate of drug-likeness (QED) is 0.867. The highest BCUT2D eigenvalue weighted by Gasteiger charge is 2.28. The van der Waals surface area contributed by atoms with Gasteiger partial charge in [-0.2, -0.15) is 0 Å². The largest absolute Gasteiger partial charge is 0.392 e. The van der Waals surface area contributed by atoms with Gasteiger partial charge in [-0.05, 0) is 29.5 Å². The zero-order chi connectivity index (χ0) is 13.8. The maximum atomic E-state index is 9.09. The van der Waals surface area contributed by atoms with E-state index < -0.39 is 0 Å². The Morgan fingerprint density at radius 3 is 1.90 bits per heavy atom. The summed E-state index contributed by atoms with van der Waals surface area (Å²) in [7, 11) is 0. The molecule has 0 aliphatic heterocycles. The van der Waals surface area contributed by atoms with Gasteiger partial charge >= 0.3 is 0 Å². The molecular weight excluding hydrogens is 246 g/mol. The van der Waals surface area contributed by atoms with Crippen LogP contribution >= 0.6 is 0 Å². The van der Waals surface area contributed by atoms with Crippen molar-refractivity contribution in [2.75, 3.05) is 0 Å². The minimum absolute atomic E-state index is 0.122. The summed E-state index contributed by atoms with van der Waals surface area (Å²) in [5, 5.41) is 9.09. The first-order valence-electron chi connectivity index (χ1n) is 7.32. The molecule has 1 aliphatic carbocycles. The van der Waals surface area contributed by atoms with Gasteiger partial charge in [0.25, 0.3) is 0 Å². The highest BCUT2D eigenvalue weighted by molar-refractivity contribution is 5.22. The van der Waals surface area contributed by atoms with Gasteiger partial charge in [0.05, 0.1) is 6.61 Å². The zero-order valence-electron chi connectivity index (χ0n) is 11.7. The lowest BCUT2D eigenvalue weighted by molar-refractivity contribution is 0.245. The summed E-state index contributed by atoms with van der Waals surface area (Å²) >= 11 is 0. The van der Waals surface area contributed by atoms with E-state index in [1.54, 1.807) is 0 Å². The summed E-state index contributed by atoms with van der Waals surface area (Å²) in [6, 6.07) is 19.7. The fourth-order valence-corrected chi connectivity index (χ4v) is 2.56. The Morgan fingerprint density at radius 2 is 1.35 bits per heavy atom. The second-order valence-electron chi connectivity index (χ2n) is 5.60. The van der Waals surface area contributed by atoms with E-state index in [1.807, 2.05) is 12.1 Å². The summed E-state index contributed by atoms with van der Waals surface area (Å²) in [6.07, 6.45) is 2.64. The Balaban J connectivity index is 1.67. The number of nitrogens with zero attached hydrogens (tertiary/aromatic N) is 1. The van der Waals surface area contributed by atoms with Gasteiger partial charge in [-0.15, -0.1) is 0 Å². The van der Waals surface area contributed by atoms with Gasteiger partial charge in [-0.25, -0.2) is 0 Å². The molecule has 104 valence electrons. The molecule has 2 heteroatoms. The number of aliphatic hydroxyl groups is 1. The highest BCUT2D eigenvalue weighted by Crippen LogP contribution is 2.29. The van der Waals surface area contributed by atoms with Crippen LogP contribution in [0.5, 0.6) is 0 Å². The molecule has 0 spiro atoms. The first kappa shape index (κ1) is 13.3. The van der Waals surface area contributed by atoms with Crippen LogP contribution in [0.3, 0.4) is 0 Å². The van der Waals surface area contributed by atoms with Crippen LogP contribution in [-0.4, -0.2) is 16.0 Å². The van der Waals surface area contributed by atoms with Crippen molar-refractivity contribution in [2.24, 2.45) is 0 Å². The summed E-state index contributed by atoms with van der Waals surface area (Å²) in [5.74, 6) is 0. The van der Waals surface area contributed by atoms with Crippen LogP contribution in [-0.2, 0) is 19.7 Å². The fraction of sp³-hybridized carbons (Fsp3) is 0.333. The molecule has 0 heterocycles. The average Bonchev–Trinajstić information content (AvgIpc) is 3.33. The van der Waals surface area contributed by atoms with E-state index >= 15 is 0 Å². The van der Waals surface area contributed by atoms with Crippen LogP contribution in [0.2, 0.25) is 0 Å². The lowest BCUT2D eigenvalue weighted by Crippen LogP contribution is -2.25. The maximum absolute atomic E-state index is 9.09. The molecule has 0 aromatic heterocycles. The fourth-order valence-electron chi connectivity index (χ4n) is 2.56. The van der Waals surface area contributed by atoms with Gasteiger partial charge in [-0.1, -0.05) is 54.6 Å². The van der Waals surface area contributed by atoms with E-state index in [1.165, 1.54) is 24.0 Å². The van der Waals surface area contributed by atoms with Crippen LogP contribution in [0, 0.1) is 0 Å².